The number of amides is 2. The molecular weight excluding hydrogens is 672 g/mol. The number of pyridine rings is 2. The summed E-state index contributed by atoms with van der Waals surface area (Å²) in [5, 5.41) is 37.6. The molecular formula is C41H46N6O6. The van der Waals surface area contributed by atoms with Crippen LogP contribution in [0.15, 0.2) is 60.9 Å². The van der Waals surface area contributed by atoms with Gasteiger partial charge in [-0.3, -0.25) is 34.6 Å². The average molecular weight is 719 g/mol. The van der Waals surface area contributed by atoms with Gasteiger partial charge in [-0.25, -0.2) is 0 Å². The van der Waals surface area contributed by atoms with Crippen molar-refractivity contribution >= 4 is 29.2 Å². The van der Waals surface area contributed by atoms with Crippen molar-refractivity contribution in [3.8, 4) is 11.1 Å². The van der Waals surface area contributed by atoms with E-state index in [2.05, 4.69) is 30.8 Å². The molecule has 0 bridgehead atoms. The topological polar surface area (TPSA) is 177 Å². The maximum Gasteiger partial charge on any atom is 0.323 e. The minimum atomic E-state index is -1.13. The van der Waals surface area contributed by atoms with E-state index in [1.807, 2.05) is 62.5 Å². The van der Waals surface area contributed by atoms with Gasteiger partial charge < -0.3 is 26.0 Å². The lowest BCUT2D eigenvalue weighted by Gasteiger charge is -2.19. The van der Waals surface area contributed by atoms with Crippen LogP contribution in [0.5, 0.6) is 0 Å². The van der Waals surface area contributed by atoms with Gasteiger partial charge in [0.1, 0.15) is 17.4 Å². The first-order valence-electron chi connectivity index (χ1n) is 18.4. The average Bonchev–Trinajstić information content (AvgIpc) is 4.09. The number of hydrogen-bond acceptors (Lipinski definition) is 9. The van der Waals surface area contributed by atoms with Crippen LogP contribution in [0.1, 0.15) is 98.3 Å². The number of benzene rings is 2. The van der Waals surface area contributed by atoms with Gasteiger partial charge in [-0.05, 0) is 127 Å². The van der Waals surface area contributed by atoms with E-state index in [1.54, 1.807) is 12.3 Å². The third-order valence-corrected chi connectivity index (χ3v) is 10.7. The summed E-state index contributed by atoms with van der Waals surface area (Å²) in [7, 11) is 0. The number of anilines is 2. The van der Waals surface area contributed by atoms with E-state index < -0.39 is 18.6 Å². The molecule has 1 saturated heterocycles. The predicted molar refractivity (Wildman–Crippen MR) is 201 cm³/mol. The fourth-order valence-corrected chi connectivity index (χ4v) is 7.23. The van der Waals surface area contributed by atoms with Gasteiger partial charge in [0, 0.05) is 49.9 Å². The lowest BCUT2D eigenvalue weighted by molar-refractivity contribution is -0.140. The van der Waals surface area contributed by atoms with Crippen molar-refractivity contribution in [3.63, 3.8) is 0 Å². The fourth-order valence-electron chi connectivity index (χ4n) is 7.23. The van der Waals surface area contributed by atoms with Gasteiger partial charge in [0.15, 0.2) is 0 Å². The van der Waals surface area contributed by atoms with Gasteiger partial charge >= 0.3 is 5.97 Å². The molecule has 2 amide bonds. The zero-order valence-corrected chi connectivity index (χ0v) is 30.1. The van der Waals surface area contributed by atoms with Crippen molar-refractivity contribution in [1.82, 2.24) is 20.2 Å². The van der Waals surface area contributed by atoms with Crippen molar-refractivity contribution in [1.29, 1.82) is 0 Å². The van der Waals surface area contributed by atoms with Gasteiger partial charge in [0.25, 0.3) is 11.8 Å². The highest BCUT2D eigenvalue weighted by molar-refractivity contribution is 6.05. The molecule has 53 heavy (non-hydrogen) atoms. The molecule has 3 fully saturated rings. The third-order valence-electron chi connectivity index (χ3n) is 10.7. The Hall–Kier alpha value is -5.01. The highest BCUT2D eigenvalue weighted by atomic mass is 16.4. The van der Waals surface area contributed by atoms with Crippen LogP contribution in [0.4, 0.5) is 11.4 Å². The quantitative estimate of drug-likeness (QED) is 0.103. The number of rotatable bonds is 14. The van der Waals surface area contributed by atoms with Crippen molar-refractivity contribution in [2.24, 2.45) is 0 Å². The number of nitrogens with one attached hydrogen (secondary N) is 3. The predicted octanol–water partition coefficient (Wildman–Crippen LogP) is 5.12. The SMILES string of the molecule is Cc1c(NC(=O)c2cc(C3CC3)c(CN[C@H](CO)C(=O)O)cn2)cccc1-c1cccc(NC(=O)c2cc(C3CC3)c(CN3CC[C@@H](O)C3)cn2)c1C. The Labute approximate surface area is 308 Å². The molecule has 6 N–H and O–H groups in total. The molecule has 7 rings (SSSR count). The van der Waals surface area contributed by atoms with Crippen LogP contribution < -0.4 is 16.0 Å². The number of likely N-dealkylation sites (tertiary alicyclic amines) is 1. The number of aliphatic carboxylic acids is 1. The first kappa shape index (κ1) is 36.4. The molecule has 0 radical (unpaired) electrons. The molecule has 4 aromatic rings. The van der Waals surface area contributed by atoms with Gasteiger partial charge in [-0.15, -0.1) is 0 Å². The second kappa shape index (κ2) is 15.5. The van der Waals surface area contributed by atoms with Crippen molar-refractivity contribution in [2.75, 3.05) is 30.3 Å². The first-order chi connectivity index (χ1) is 25.6. The molecule has 276 valence electrons. The number of carboxylic acid groups (broad SMARTS) is 1. The Morgan fingerprint density at radius 1 is 0.811 bits per heavy atom. The minimum absolute atomic E-state index is 0.216. The second-order valence-corrected chi connectivity index (χ2v) is 14.6. The van der Waals surface area contributed by atoms with Crippen LogP contribution in [0.3, 0.4) is 0 Å². The number of hydrogen-bond donors (Lipinski definition) is 6. The maximum atomic E-state index is 13.6. The summed E-state index contributed by atoms with van der Waals surface area (Å²) >= 11 is 0. The number of aliphatic hydroxyl groups excluding tert-OH is 2. The minimum Gasteiger partial charge on any atom is -0.480 e. The summed E-state index contributed by atoms with van der Waals surface area (Å²) in [5.74, 6) is -1.04. The number of carbonyl (C=O) groups excluding carboxylic acids is 2. The Kier molecular flexibility index (Phi) is 10.7. The molecule has 1 aliphatic heterocycles. The lowest BCUT2D eigenvalue weighted by atomic mass is 9.94. The van der Waals surface area contributed by atoms with Crippen LogP contribution in [0, 0.1) is 13.8 Å². The number of carboxylic acids is 1. The van der Waals surface area contributed by atoms with Crippen LogP contribution in [0.25, 0.3) is 11.1 Å². The highest BCUT2D eigenvalue weighted by Crippen LogP contribution is 2.43. The number of carbonyl (C=O) groups is 3. The molecule has 2 aromatic carbocycles. The van der Waals surface area contributed by atoms with E-state index in [0.29, 0.717) is 29.5 Å². The van der Waals surface area contributed by atoms with Gasteiger partial charge in [0.2, 0.25) is 0 Å². The fraction of sp³-hybridized carbons (Fsp3) is 0.390. The summed E-state index contributed by atoms with van der Waals surface area (Å²) in [4.78, 5) is 49.7. The zero-order valence-electron chi connectivity index (χ0n) is 30.1. The van der Waals surface area contributed by atoms with Gasteiger partial charge in [-0.1, -0.05) is 24.3 Å². The summed E-state index contributed by atoms with van der Waals surface area (Å²) in [6.45, 7) is 5.84. The van der Waals surface area contributed by atoms with Crippen molar-refractivity contribution < 1.29 is 29.7 Å². The van der Waals surface area contributed by atoms with Crippen molar-refractivity contribution in [3.05, 3.63) is 106 Å². The lowest BCUT2D eigenvalue weighted by Crippen LogP contribution is -2.39. The van der Waals surface area contributed by atoms with E-state index in [-0.39, 0.29) is 36.1 Å². The molecule has 2 atom stereocenters. The largest absolute Gasteiger partial charge is 0.480 e. The van der Waals surface area contributed by atoms with Crippen LogP contribution in [-0.4, -0.2) is 79.8 Å². The Bertz CT molecular complexity index is 2040. The number of aromatic nitrogens is 2. The summed E-state index contributed by atoms with van der Waals surface area (Å²) < 4.78 is 0. The van der Waals surface area contributed by atoms with E-state index in [4.69, 9.17) is 0 Å². The van der Waals surface area contributed by atoms with Crippen LogP contribution in [-0.2, 0) is 17.9 Å². The molecule has 12 heteroatoms. The third kappa shape index (κ3) is 8.31. The van der Waals surface area contributed by atoms with E-state index in [1.165, 1.54) is 5.56 Å². The molecule has 2 aliphatic carbocycles. The molecule has 3 aliphatic rings. The molecule has 3 heterocycles. The monoisotopic (exact) mass is 718 g/mol. The summed E-state index contributed by atoms with van der Waals surface area (Å²) in [6.07, 6.45) is 8.10. The second-order valence-electron chi connectivity index (χ2n) is 14.6. The van der Waals surface area contributed by atoms with Gasteiger partial charge in [0.05, 0.1) is 12.7 Å². The Balaban J connectivity index is 1.06. The normalized spacial score (nSPS) is 17.8. The number of aliphatic hydroxyl groups is 2. The Morgan fingerprint density at radius 2 is 1.34 bits per heavy atom. The van der Waals surface area contributed by atoms with E-state index >= 15 is 0 Å². The van der Waals surface area contributed by atoms with Crippen LogP contribution >= 0.6 is 0 Å². The summed E-state index contributed by atoms with van der Waals surface area (Å²) in [6, 6.07) is 14.1. The van der Waals surface area contributed by atoms with Crippen molar-refractivity contribution in [2.45, 2.75) is 83.0 Å². The smallest absolute Gasteiger partial charge is 0.323 e. The number of nitrogens with zero attached hydrogens (tertiary/aromatic N) is 3. The molecule has 2 aromatic heterocycles. The van der Waals surface area contributed by atoms with E-state index in [0.717, 1.165) is 84.1 Å². The first-order valence-corrected chi connectivity index (χ1v) is 18.4. The Morgan fingerprint density at radius 3 is 1.81 bits per heavy atom. The van der Waals surface area contributed by atoms with Crippen LogP contribution in [0.2, 0.25) is 0 Å². The maximum absolute atomic E-state index is 13.6. The standard InChI is InChI=1S/C41H46N6O6/c1-23-30(5-3-7-34(23)45-39(50)36-15-32(25-9-10-25)27(17-42-36)18-44-38(22-48)41(52)53)31-6-4-8-35(24(31)2)46-40(51)37-16-33(26-11-12-26)28(19-43-37)20-47-14-13-29(49)21-47/h3-8,15-17,19,25-26,29,38,44,48-49H,9-14,18,20-22H2,1-2H3,(H,45,50)(H,46,51)(H,52,53)/t29-,38-/m1/s1. The summed E-state index contributed by atoms with van der Waals surface area (Å²) in [5.41, 5.74) is 9.56. The van der Waals surface area contributed by atoms with Gasteiger partial charge in [-0.2, -0.15) is 0 Å². The van der Waals surface area contributed by atoms with E-state index in [9.17, 15) is 29.7 Å². The molecule has 0 unspecified atom stereocenters. The number of β-amino-alcohol motifs (C(OH)–C–C–N with tert-alkyl or cyclic N) is 1. The highest BCUT2D eigenvalue weighted by Gasteiger charge is 2.30. The zero-order chi connectivity index (χ0) is 37.2. The molecule has 2 saturated carbocycles. The molecule has 12 nitrogen and oxygen atoms in total. The molecule has 0 spiro atoms.